The maximum absolute atomic E-state index is 11.2. The van der Waals surface area contributed by atoms with Gasteiger partial charge in [0.25, 0.3) is 0 Å². The number of hydrogen-bond acceptors (Lipinski definition) is 2. The first-order valence-electron chi connectivity index (χ1n) is 11.9. The molecule has 0 saturated heterocycles. The normalized spacial score (nSPS) is 12.2. The predicted molar refractivity (Wildman–Crippen MR) is 128 cm³/mol. The molecule has 0 bridgehead atoms. The van der Waals surface area contributed by atoms with Gasteiger partial charge in [0.15, 0.2) is 0 Å². The summed E-state index contributed by atoms with van der Waals surface area (Å²) in [5, 5.41) is 18.5. The van der Waals surface area contributed by atoms with Crippen LogP contribution in [0.4, 0.5) is 0 Å². The molecule has 0 aromatic heterocycles. The average molecular weight is 433 g/mol. The van der Waals surface area contributed by atoms with E-state index < -0.39 is 22.8 Å². The Labute approximate surface area is 189 Å². The summed E-state index contributed by atoms with van der Waals surface area (Å²) >= 11 is 0. The molecule has 0 radical (unpaired) electrons. The van der Waals surface area contributed by atoms with Crippen LogP contribution in [0.25, 0.3) is 0 Å². The highest BCUT2D eigenvalue weighted by atomic mass is 16.4. The van der Waals surface area contributed by atoms with Crippen molar-refractivity contribution in [3.63, 3.8) is 0 Å². The van der Waals surface area contributed by atoms with E-state index in [1.54, 1.807) is 27.7 Å². The Bertz CT molecular complexity index is 731. The smallest absolute Gasteiger partial charge is 0.309 e. The Hall–Kier alpha value is -1.84. The van der Waals surface area contributed by atoms with Gasteiger partial charge in [-0.05, 0) is 96.8 Å². The molecular weight excluding hydrogens is 388 g/mol. The number of carboxylic acid groups (broad SMARTS) is 2. The molecule has 1 aromatic carbocycles. The summed E-state index contributed by atoms with van der Waals surface area (Å²) in [7, 11) is 0. The Morgan fingerprint density at radius 3 is 1.68 bits per heavy atom. The molecule has 4 nitrogen and oxygen atoms in total. The SMILES string of the molecule is Cc1cc(C)c(CCCCCCC(C)(C)C(=O)O)c(CCCCCC(C)(C)C(=O)O)c1. The Morgan fingerprint density at radius 1 is 0.710 bits per heavy atom. The standard InChI is InChI=1S/C27H44O4/c1-20-18-21(2)23(15-11-7-8-12-16-26(3,4)24(28)29)22(19-20)14-10-9-13-17-27(5,6)25(30)31/h18-19H,7-17H2,1-6H3,(H,28,29)(H,30,31). The molecule has 31 heavy (non-hydrogen) atoms. The highest BCUT2D eigenvalue weighted by molar-refractivity contribution is 5.73. The number of unbranched alkanes of at least 4 members (excludes halogenated alkanes) is 5. The third-order valence-electron chi connectivity index (χ3n) is 6.59. The summed E-state index contributed by atoms with van der Waals surface area (Å²) in [4.78, 5) is 22.5. The van der Waals surface area contributed by atoms with Crippen LogP contribution in [0.3, 0.4) is 0 Å². The van der Waals surface area contributed by atoms with Crippen LogP contribution in [0.5, 0.6) is 0 Å². The zero-order valence-corrected chi connectivity index (χ0v) is 20.6. The first-order valence-corrected chi connectivity index (χ1v) is 11.9. The first kappa shape index (κ1) is 27.2. The Kier molecular flexibility index (Phi) is 10.8. The van der Waals surface area contributed by atoms with E-state index in [4.69, 9.17) is 0 Å². The Balaban J connectivity index is 2.49. The molecule has 0 heterocycles. The highest BCUT2D eigenvalue weighted by Gasteiger charge is 2.26. The zero-order valence-electron chi connectivity index (χ0n) is 20.6. The van der Waals surface area contributed by atoms with Crippen molar-refractivity contribution in [2.45, 2.75) is 112 Å². The zero-order chi connectivity index (χ0) is 23.7. The lowest BCUT2D eigenvalue weighted by Gasteiger charge is -2.19. The second-order valence-electron chi connectivity index (χ2n) is 10.6. The largest absolute Gasteiger partial charge is 0.481 e. The summed E-state index contributed by atoms with van der Waals surface area (Å²) in [6, 6.07) is 4.59. The van der Waals surface area contributed by atoms with Gasteiger partial charge in [-0.2, -0.15) is 0 Å². The second kappa shape index (κ2) is 12.3. The molecule has 2 N–H and O–H groups in total. The maximum atomic E-state index is 11.2. The van der Waals surface area contributed by atoms with Gasteiger partial charge in [0, 0.05) is 0 Å². The summed E-state index contributed by atoms with van der Waals surface area (Å²) in [5.41, 5.74) is 4.34. The third-order valence-corrected chi connectivity index (χ3v) is 6.59. The lowest BCUT2D eigenvalue weighted by Crippen LogP contribution is -2.23. The molecule has 0 amide bonds. The van der Waals surface area contributed by atoms with E-state index in [2.05, 4.69) is 26.0 Å². The lowest BCUT2D eigenvalue weighted by atomic mass is 9.86. The summed E-state index contributed by atoms with van der Waals surface area (Å²) < 4.78 is 0. The molecule has 4 heteroatoms. The van der Waals surface area contributed by atoms with Gasteiger partial charge in [0.2, 0.25) is 0 Å². The van der Waals surface area contributed by atoms with Crippen molar-refractivity contribution in [3.05, 3.63) is 34.4 Å². The molecule has 0 aliphatic heterocycles. The fourth-order valence-corrected chi connectivity index (χ4v) is 4.16. The van der Waals surface area contributed by atoms with Crippen LogP contribution in [0.2, 0.25) is 0 Å². The van der Waals surface area contributed by atoms with Crippen molar-refractivity contribution >= 4 is 11.9 Å². The molecule has 176 valence electrons. The van der Waals surface area contributed by atoms with Crippen LogP contribution in [-0.2, 0) is 22.4 Å². The van der Waals surface area contributed by atoms with E-state index in [0.717, 1.165) is 70.6 Å². The number of rotatable bonds is 15. The summed E-state index contributed by atoms with van der Waals surface area (Å²) in [5.74, 6) is -1.42. The van der Waals surface area contributed by atoms with Gasteiger partial charge in [0.1, 0.15) is 0 Å². The van der Waals surface area contributed by atoms with Crippen LogP contribution in [0.1, 0.15) is 108 Å². The van der Waals surface area contributed by atoms with Crippen molar-refractivity contribution < 1.29 is 19.8 Å². The topological polar surface area (TPSA) is 74.6 Å². The van der Waals surface area contributed by atoms with Gasteiger partial charge in [-0.15, -0.1) is 0 Å². The molecule has 0 unspecified atom stereocenters. The van der Waals surface area contributed by atoms with Crippen molar-refractivity contribution in [2.75, 3.05) is 0 Å². The number of hydrogen-bond donors (Lipinski definition) is 2. The number of carbonyl (C=O) groups is 2. The molecule has 0 fully saturated rings. The van der Waals surface area contributed by atoms with Gasteiger partial charge in [-0.3, -0.25) is 9.59 Å². The Morgan fingerprint density at radius 2 is 1.16 bits per heavy atom. The first-order chi connectivity index (χ1) is 14.4. The minimum absolute atomic E-state index is 0.625. The van der Waals surface area contributed by atoms with Gasteiger partial charge in [-0.25, -0.2) is 0 Å². The van der Waals surface area contributed by atoms with E-state index in [-0.39, 0.29) is 0 Å². The lowest BCUT2D eigenvalue weighted by molar-refractivity contribution is -0.148. The third kappa shape index (κ3) is 9.45. The number of benzene rings is 1. The monoisotopic (exact) mass is 432 g/mol. The van der Waals surface area contributed by atoms with E-state index in [1.165, 1.54) is 22.3 Å². The van der Waals surface area contributed by atoms with Gasteiger partial charge in [-0.1, -0.05) is 49.8 Å². The summed E-state index contributed by atoms with van der Waals surface area (Å²) in [6.45, 7) is 11.6. The van der Waals surface area contributed by atoms with Crippen molar-refractivity contribution in [3.8, 4) is 0 Å². The molecule has 0 aliphatic rings. The number of carboxylic acids is 2. The number of aliphatic carboxylic acids is 2. The fourth-order valence-electron chi connectivity index (χ4n) is 4.16. The van der Waals surface area contributed by atoms with Crippen LogP contribution in [-0.4, -0.2) is 22.2 Å². The van der Waals surface area contributed by atoms with Crippen LogP contribution in [0.15, 0.2) is 12.1 Å². The molecule has 1 rings (SSSR count). The average Bonchev–Trinajstić information content (AvgIpc) is 2.65. The van der Waals surface area contributed by atoms with Crippen molar-refractivity contribution in [2.24, 2.45) is 10.8 Å². The highest BCUT2D eigenvalue weighted by Crippen LogP contribution is 2.27. The quantitative estimate of drug-likeness (QED) is 0.289. The minimum atomic E-state index is -0.712. The maximum Gasteiger partial charge on any atom is 0.309 e. The molecule has 0 aliphatic carbocycles. The number of aryl methyl sites for hydroxylation is 3. The van der Waals surface area contributed by atoms with E-state index in [1.807, 2.05) is 0 Å². The molecule has 1 aromatic rings. The van der Waals surface area contributed by atoms with Gasteiger partial charge < -0.3 is 10.2 Å². The van der Waals surface area contributed by atoms with Crippen LogP contribution in [0, 0.1) is 24.7 Å². The second-order valence-corrected chi connectivity index (χ2v) is 10.6. The van der Waals surface area contributed by atoms with E-state index in [9.17, 15) is 19.8 Å². The molecule has 0 atom stereocenters. The van der Waals surface area contributed by atoms with Crippen LogP contribution >= 0.6 is 0 Å². The van der Waals surface area contributed by atoms with E-state index >= 15 is 0 Å². The molecule has 0 spiro atoms. The predicted octanol–water partition coefficient (Wildman–Crippen LogP) is 7.12. The minimum Gasteiger partial charge on any atom is -0.481 e. The van der Waals surface area contributed by atoms with Crippen molar-refractivity contribution in [1.29, 1.82) is 0 Å². The van der Waals surface area contributed by atoms with Crippen LogP contribution < -0.4 is 0 Å². The molecular formula is C27H44O4. The van der Waals surface area contributed by atoms with Crippen molar-refractivity contribution in [1.82, 2.24) is 0 Å². The molecule has 0 saturated carbocycles. The van der Waals surface area contributed by atoms with Gasteiger partial charge in [0.05, 0.1) is 10.8 Å². The van der Waals surface area contributed by atoms with E-state index in [0.29, 0.717) is 0 Å². The summed E-state index contributed by atoms with van der Waals surface area (Å²) in [6.07, 6.45) is 11.0. The fraction of sp³-hybridized carbons (Fsp3) is 0.704. The van der Waals surface area contributed by atoms with Gasteiger partial charge >= 0.3 is 11.9 Å².